The number of amides is 1. The van der Waals surface area contributed by atoms with E-state index in [-0.39, 0.29) is 23.2 Å². The van der Waals surface area contributed by atoms with Gasteiger partial charge in [0.1, 0.15) is 5.56 Å². The summed E-state index contributed by atoms with van der Waals surface area (Å²) in [4.78, 5) is 23.8. The van der Waals surface area contributed by atoms with E-state index in [9.17, 15) is 14.9 Å². The molecule has 1 aromatic carbocycles. The molecule has 0 aromatic heterocycles. The number of carbonyl (C=O) groups excluding carboxylic acids is 1. The Bertz CT molecular complexity index is 550. The molecule has 21 heavy (non-hydrogen) atoms. The van der Waals surface area contributed by atoms with Crippen molar-refractivity contribution in [3.05, 3.63) is 33.9 Å². The smallest absolute Gasteiger partial charge is 0.282 e. The first kappa shape index (κ1) is 15.8. The Morgan fingerprint density at radius 3 is 2.90 bits per heavy atom. The van der Waals surface area contributed by atoms with Gasteiger partial charge in [0, 0.05) is 23.0 Å². The van der Waals surface area contributed by atoms with E-state index < -0.39 is 4.92 Å². The predicted octanol–water partition coefficient (Wildman–Crippen LogP) is 2.19. The molecule has 114 valence electrons. The SMILES string of the molecule is CSc1ccc([N+](=O)[O-])c(C(=O)NC2CCNC(C)C2)c1. The molecule has 2 rings (SSSR count). The Kier molecular flexibility index (Phi) is 5.19. The van der Waals surface area contributed by atoms with Gasteiger partial charge in [0.15, 0.2) is 0 Å². The summed E-state index contributed by atoms with van der Waals surface area (Å²) < 4.78 is 0. The second-order valence-electron chi connectivity index (χ2n) is 5.19. The van der Waals surface area contributed by atoms with Gasteiger partial charge < -0.3 is 10.6 Å². The van der Waals surface area contributed by atoms with Crippen molar-refractivity contribution >= 4 is 23.4 Å². The molecule has 1 aliphatic heterocycles. The van der Waals surface area contributed by atoms with Crippen molar-refractivity contribution < 1.29 is 9.72 Å². The molecule has 2 unspecified atom stereocenters. The third-order valence-corrected chi connectivity index (χ3v) is 4.33. The first-order valence-corrected chi connectivity index (χ1v) is 8.10. The van der Waals surface area contributed by atoms with Gasteiger partial charge in [-0.2, -0.15) is 0 Å². The lowest BCUT2D eigenvalue weighted by atomic mass is 10.00. The van der Waals surface area contributed by atoms with Crippen molar-refractivity contribution in [2.75, 3.05) is 12.8 Å². The van der Waals surface area contributed by atoms with Crippen LogP contribution in [0.5, 0.6) is 0 Å². The molecule has 1 amide bonds. The Morgan fingerprint density at radius 2 is 2.29 bits per heavy atom. The summed E-state index contributed by atoms with van der Waals surface area (Å²) in [6, 6.07) is 5.04. The monoisotopic (exact) mass is 309 g/mol. The van der Waals surface area contributed by atoms with Crippen molar-refractivity contribution in [3.63, 3.8) is 0 Å². The number of carbonyl (C=O) groups is 1. The highest BCUT2D eigenvalue weighted by Crippen LogP contribution is 2.25. The maximum Gasteiger partial charge on any atom is 0.282 e. The standard InChI is InChI=1S/C14H19N3O3S/c1-9-7-10(5-6-15-9)16-14(18)12-8-11(21-2)3-4-13(12)17(19)20/h3-4,8-10,15H,5-7H2,1-2H3,(H,16,18). The van der Waals surface area contributed by atoms with E-state index in [1.807, 2.05) is 6.26 Å². The largest absolute Gasteiger partial charge is 0.349 e. The summed E-state index contributed by atoms with van der Waals surface area (Å²) in [7, 11) is 0. The second kappa shape index (κ2) is 6.91. The number of piperidine rings is 1. The molecule has 6 nitrogen and oxygen atoms in total. The minimum absolute atomic E-state index is 0.0614. The third-order valence-electron chi connectivity index (χ3n) is 3.60. The second-order valence-corrected chi connectivity index (χ2v) is 6.07. The van der Waals surface area contributed by atoms with Crippen LogP contribution in [0.2, 0.25) is 0 Å². The van der Waals surface area contributed by atoms with Gasteiger partial charge in [-0.3, -0.25) is 14.9 Å². The van der Waals surface area contributed by atoms with Gasteiger partial charge in [0.2, 0.25) is 0 Å². The van der Waals surface area contributed by atoms with Crippen molar-refractivity contribution in [1.82, 2.24) is 10.6 Å². The van der Waals surface area contributed by atoms with Gasteiger partial charge in [-0.05, 0) is 44.7 Å². The number of nitrogens with zero attached hydrogens (tertiary/aromatic N) is 1. The Hall–Kier alpha value is -1.60. The van der Waals surface area contributed by atoms with Crippen molar-refractivity contribution in [3.8, 4) is 0 Å². The number of thioether (sulfide) groups is 1. The van der Waals surface area contributed by atoms with Crippen LogP contribution in [0.1, 0.15) is 30.1 Å². The summed E-state index contributed by atoms with van der Waals surface area (Å²) in [6.45, 7) is 2.91. The fraction of sp³-hybridized carbons (Fsp3) is 0.500. The highest BCUT2D eigenvalue weighted by molar-refractivity contribution is 7.98. The number of hydrogen-bond donors (Lipinski definition) is 2. The van der Waals surface area contributed by atoms with Gasteiger partial charge >= 0.3 is 0 Å². The van der Waals surface area contributed by atoms with E-state index in [4.69, 9.17) is 0 Å². The summed E-state index contributed by atoms with van der Waals surface area (Å²) in [6.07, 6.45) is 3.55. The van der Waals surface area contributed by atoms with Crippen LogP contribution >= 0.6 is 11.8 Å². The molecule has 0 saturated carbocycles. The molecule has 1 aliphatic rings. The van der Waals surface area contributed by atoms with Crippen LogP contribution in [0.25, 0.3) is 0 Å². The molecular formula is C14H19N3O3S. The fourth-order valence-electron chi connectivity index (χ4n) is 2.51. The van der Waals surface area contributed by atoms with Crippen molar-refractivity contribution in [1.29, 1.82) is 0 Å². The van der Waals surface area contributed by atoms with Crippen LogP contribution < -0.4 is 10.6 Å². The molecule has 2 N–H and O–H groups in total. The number of nitro groups is 1. The molecule has 0 bridgehead atoms. The fourth-order valence-corrected chi connectivity index (χ4v) is 2.95. The van der Waals surface area contributed by atoms with E-state index in [1.54, 1.807) is 12.1 Å². The highest BCUT2D eigenvalue weighted by atomic mass is 32.2. The molecular weight excluding hydrogens is 290 g/mol. The van der Waals surface area contributed by atoms with Crippen molar-refractivity contribution in [2.45, 2.75) is 36.7 Å². The Morgan fingerprint density at radius 1 is 1.52 bits per heavy atom. The number of nitrogens with one attached hydrogen (secondary N) is 2. The lowest BCUT2D eigenvalue weighted by Gasteiger charge is -2.28. The molecule has 1 saturated heterocycles. The van der Waals surface area contributed by atoms with E-state index in [0.29, 0.717) is 6.04 Å². The van der Waals surface area contributed by atoms with Gasteiger partial charge in [-0.1, -0.05) is 0 Å². The topological polar surface area (TPSA) is 84.3 Å². The zero-order valence-electron chi connectivity index (χ0n) is 12.1. The highest BCUT2D eigenvalue weighted by Gasteiger charge is 2.25. The van der Waals surface area contributed by atoms with Gasteiger partial charge in [0.25, 0.3) is 11.6 Å². The maximum absolute atomic E-state index is 12.4. The van der Waals surface area contributed by atoms with Crippen LogP contribution in [-0.4, -0.2) is 35.7 Å². The average molecular weight is 309 g/mol. The van der Waals surface area contributed by atoms with Crippen LogP contribution in [0.15, 0.2) is 23.1 Å². The van der Waals surface area contributed by atoms with Crippen LogP contribution in [0.3, 0.4) is 0 Å². The lowest BCUT2D eigenvalue weighted by Crippen LogP contribution is -2.46. The molecule has 0 spiro atoms. The van der Waals surface area contributed by atoms with Crippen LogP contribution in [-0.2, 0) is 0 Å². The average Bonchev–Trinajstić information content (AvgIpc) is 2.46. The Labute approximate surface area is 127 Å². The summed E-state index contributed by atoms with van der Waals surface area (Å²) >= 11 is 1.45. The number of rotatable bonds is 4. The number of hydrogen-bond acceptors (Lipinski definition) is 5. The van der Waals surface area contributed by atoms with Crippen molar-refractivity contribution in [2.24, 2.45) is 0 Å². The van der Waals surface area contributed by atoms with Gasteiger partial charge in [-0.25, -0.2) is 0 Å². The van der Waals surface area contributed by atoms with Gasteiger partial charge in [-0.15, -0.1) is 11.8 Å². The van der Waals surface area contributed by atoms with E-state index in [1.165, 1.54) is 17.8 Å². The molecule has 1 heterocycles. The van der Waals surface area contributed by atoms with Gasteiger partial charge in [0.05, 0.1) is 4.92 Å². The van der Waals surface area contributed by atoms with E-state index in [0.717, 1.165) is 24.3 Å². The first-order chi connectivity index (χ1) is 10.0. The van der Waals surface area contributed by atoms with E-state index >= 15 is 0 Å². The van der Waals surface area contributed by atoms with Crippen LogP contribution in [0.4, 0.5) is 5.69 Å². The summed E-state index contributed by atoms with van der Waals surface area (Å²) in [5, 5.41) is 17.3. The predicted molar refractivity (Wildman–Crippen MR) is 82.8 cm³/mol. The number of nitro benzene ring substituents is 1. The normalized spacial score (nSPS) is 21.8. The third kappa shape index (κ3) is 3.95. The minimum atomic E-state index is -0.510. The Balaban J connectivity index is 2.19. The molecule has 0 radical (unpaired) electrons. The minimum Gasteiger partial charge on any atom is -0.349 e. The first-order valence-electron chi connectivity index (χ1n) is 6.88. The maximum atomic E-state index is 12.4. The summed E-state index contributed by atoms with van der Waals surface area (Å²) in [5.41, 5.74) is -0.00896. The number of benzene rings is 1. The lowest BCUT2D eigenvalue weighted by molar-refractivity contribution is -0.385. The molecule has 2 atom stereocenters. The van der Waals surface area contributed by atoms with E-state index in [2.05, 4.69) is 17.6 Å². The summed E-state index contributed by atoms with van der Waals surface area (Å²) in [5.74, 6) is -0.364. The quantitative estimate of drug-likeness (QED) is 0.506. The molecule has 7 heteroatoms. The zero-order valence-corrected chi connectivity index (χ0v) is 12.9. The van der Waals surface area contributed by atoms with Crippen LogP contribution in [0, 0.1) is 10.1 Å². The zero-order chi connectivity index (χ0) is 15.4. The molecule has 0 aliphatic carbocycles. The molecule has 1 aromatic rings. The molecule has 1 fully saturated rings.